The normalized spacial score (nSPS) is 12.5. The highest BCUT2D eigenvalue weighted by molar-refractivity contribution is 7.99. The van der Waals surface area contributed by atoms with E-state index in [0.717, 1.165) is 28.8 Å². The Hall–Kier alpha value is -1.89. The van der Waals surface area contributed by atoms with Crippen molar-refractivity contribution in [3.63, 3.8) is 0 Å². The summed E-state index contributed by atoms with van der Waals surface area (Å²) in [6.45, 7) is 7.11. The number of primary amides is 1. The number of carbonyl (C=O) groups is 1. The van der Waals surface area contributed by atoms with Gasteiger partial charge in [-0.05, 0) is 29.5 Å². The molecule has 2 rings (SSSR count). The van der Waals surface area contributed by atoms with Crippen LogP contribution in [0, 0.1) is 11.7 Å². The molecule has 0 aliphatic rings. The molecule has 7 heteroatoms. The highest BCUT2D eigenvalue weighted by atomic mass is 32.2. The lowest BCUT2D eigenvalue weighted by Crippen LogP contribution is -2.15. The number of thioether (sulfide) groups is 1. The Kier molecular flexibility index (Phi) is 6.99. The zero-order chi connectivity index (χ0) is 18.4. The fourth-order valence-corrected chi connectivity index (χ4v) is 3.53. The Bertz CT molecular complexity index is 717. The summed E-state index contributed by atoms with van der Waals surface area (Å²) in [5.74, 6) is 1.63. The average molecular weight is 364 g/mol. The minimum atomic E-state index is -0.340. The Morgan fingerprint density at radius 1 is 1.32 bits per heavy atom. The summed E-state index contributed by atoms with van der Waals surface area (Å²) >= 11 is 1.60. The summed E-state index contributed by atoms with van der Waals surface area (Å²) in [6.07, 6.45) is 0.760. The number of carbonyl (C=O) groups excluding carboxylic acids is 1. The number of aryl methyl sites for hydroxylation is 1. The van der Waals surface area contributed by atoms with Crippen LogP contribution in [0.15, 0.2) is 29.4 Å². The number of hydrogen-bond donors (Lipinski definition) is 1. The zero-order valence-electron chi connectivity index (χ0n) is 14.9. The number of halogens is 1. The third-order valence-electron chi connectivity index (χ3n) is 3.82. The lowest BCUT2D eigenvalue weighted by atomic mass is 10.0. The fraction of sp³-hybridized carbons (Fsp3) is 0.500. The van der Waals surface area contributed by atoms with Crippen LogP contribution in [0.4, 0.5) is 4.39 Å². The summed E-state index contributed by atoms with van der Waals surface area (Å²) < 4.78 is 15.4. The van der Waals surface area contributed by atoms with E-state index in [0.29, 0.717) is 12.3 Å². The van der Waals surface area contributed by atoms with Gasteiger partial charge in [-0.15, -0.1) is 10.2 Å². The molecule has 1 aromatic heterocycles. The van der Waals surface area contributed by atoms with Gasteiger partial charge in [0.15, 0.2) is 5.16 Å². The summed E-state index contributed by atoms with van der Waals surface area (Å²) in [7, 11) is 0. The summed E-state index contributed by atoms with van der Waals surface area (Å²) in [5.41, 5.74) is 6.21. The van der Waals surface area contributed by atoms with Crippen molar-refractivity contribution in [3.05, 3.63) is 41.5 Å². The number of nitrogens with two attached hydrogens (primary N) is 1. The molecule has 1 atom stereocenters. The van der Waals surface area contributed by atoms with Crippen LogP contribution < -0.4 is 5.73 Å². The van der Waals surface area contributed by atoms with E-state index in [4.69, 9.17) is 5.73 Å². The Labute approximate surface area is 152 Å². The summed E-state index contributed by atoms with van der Waals surface area (Å²) in [5, 5.41) is 9.34. The quantitative estimate of drug-likeness (QED) is 0.692. The van der Waals surface area contributed by atoms with Gasteiger partial charge in [-0.1, -0.05) is 44.7 Å². The predicted molar refractivity (Wildman–Crippen MR) is 97.9 cm³/mol. The van der Waals surface area contributed by atoms with E-state index in [1.54, 1.807) is 23.9 Å². The van der Waals surface area contributed by atoms with Crippen LogP contribution in [-0.2, 0) is 17.8 Å². The Morgan fingerprint density at radius 3 is 2.72 bits per heavy atom. The van der Waals surface area contributed by atoms with Gasteiger partial charge in [0.2, 0.25) is 5.91 Å². The fourth-order valence-electron chi connectivity index (χ4n) is 2.50. The smallest absolute Gasteiger partial charge is 0.217 e. The SMILES string of the molecule is CC(C)Cn1c(CCC(N)=O)nnc1SCC(C)c1cccc(F)c1. The first-order valence-corrected chi connectivity index (χ1v) is 9.44. The van der Waals surface area contributed by atoms with E-state index < -0.39 is 0 Å². The van der Waals surface area contributed by atoms with Crippen LogP contribution in [0.25, 0.3) is 0 Å². The van der Waals surface area contributed by atoms with Gasteiger partial charge in [0.1, 0.15) is 11.6 Å². The maximum Gasteiger partial charge on any atom is 0.217 e. The molecule has 0 aliphatic carbocycles. The largest absolute Gasteiger partial charge is 0.370 e. The predicted octanol–water partition coefficient (Wildman–Crippen LogP) is 3.39. The van der Waals surface area contributed by atoms with Crippen LogP contribution in [0.1, 0.15) is 44.5 Å². The van der Waals surface area contributed by atoms with E-state index >= 15 is 0 Å². The van der Waals surface area contributed by atoms with Gasteiger partial charge in [-0.25, -0.2) is 4.39 Å². The van der Waals surface area contributed by atoms with E-state index in [9.17, 15) is 9.18 Å². The maximum atomic E-state index is 13.4. The summed E-state index contributed by atoms with van der Waals surface area (Å²) in [4.78, 5) is 11.0. The Morgan fingerprint density at radius 2 is 2.08 bits per heavy atom. The van der Waals surface area contributed by atoms with Gasteiger partial charge < -0.3 is 10.3 Å². The third kappa shape index (κ3) is 5.85. The molecule has 1 amide bonds. The van der Waals surface area contributed by atoms with E-state index in [-0.39, 0.29) is 24.1 Å². The van der Waals surface area contributed by atoms with Crippen LogP contribution in [0.5, 0.6) is 0 Å². The van der Waals surface area contributed by atoms with E-state index in [1.807, 2.05) is 6.07 Å². The van der Waals surface area contributed by atoms with Crippen molar-refractivity contribution in [1.82, 2.24) is 14.8 Å². The monoisotopic (exact) mass is 364 g/mol. The van der Waals surface area contributed by atoms with Crippen LogP contribution >= 0.6 is 11.8 Å². The van der Waals surface area contributed by atoms with Crippen molar-refractivity contribution >= 4 is 17.7 Å². The Balaban J connectivity index is 2.08. The number of amides is 1. The second-order valence-corrected chi connectivity index (χ2v) is 7.62. The molecule has 1 unspecified atom stereocenters. The molecule has 25 heavy (non-hydrogen) atoms. The molecular weight excluding hydrogens is 339 g/mol. The molecule has 0 bridgehead atoms. The molecule has 5 nitrogen and oxygen atoms in total. The minimum Gasteiger partial charge on any atom is -0.370 e. The molecular formula is C18H25FN4OS. The van der Waals surface area contributed by atoms with E-state index in [1.165, 1.54) is 6.07 Å². The van der Waals surface area contributed by atoms with Gasteiger partial charge in [0, 0.05) is 25.1 Å². The first-order valence-electron chi connectivity index (χ1n) is 8.45. The van der Waals surface area contributed by atoms with Crippen molar-refractivity contribution in [1.29, 1.82) is 0 Å². The van der Waals surface area contributed by atoms with Crippen LogP contribution in [-0.4, -0.2) is 26.4 Å². The standard InChI is InChI=1S/C18H25FN4OS/c1-12(2)10-23-17(8-7-16(20)24)21-22-18(23)25-11-13(3)14-5-4-6-15(19)9-14/h4-6,9,12-13H,7-8,10-11H2,1-3H3,(H2,20,24). The minimum absolute atomic E-state index is 0.193. The number of aromatic nitrogens is 3. The molecule has 1 heterocycles. The van der Waals surface area contributed by atoms with E-state index in [2.05, 4.69) is 35.5 Å². The van der Waals surface area contributed by atoms with Gasteiger partial charge in [0.25, 0.3) is 0 Å². The zero-order valence-corrected chi connectivity index (χ0v) is 15.7. The number of nitrogens with zero attached hydrogens (tertiary/aromatic N) is 3. The molecule has 2 N–H and O–H groups in total. The van der Waals surface area contributed by atoms with Crippen LogP contribution in [0.3, 0.4) is 0 Å². The van der Waals surface area contributed by atoms with Crippen molar-refractivity contribution in [3.8, 4) is 0 Å². The lowest BCUT2D eigenvalue weighted by Gasteiger charge is -2.14. The highest BCUT2D eigenvalue weighted by Crippen LogP contribution is 2.26. The lowest BCUT2D eigenvalue weighted by molar-refractivity contribution is -0.118. The van der Waals surface area contributed by atoms with Crippen molar-refractivity contribution in [2.75, 3.05) is 5.75 Å². The first kappa shape index (κ1) is 19.4. The van der Waals surface area contributed by atoms with Gasteiger partial charge in [-0.3, -0.25) is 4.79 Å². The molecule has 0 radical (unpaired) electrons. The number of rotatable bonds is 9. The number of hydrogen-bond acceptors (Lipinski definition) is 4. The van der Waals surface area contributed by atoms with Crippen LogP contribution in [0.2, 0.25) is 0 Å². The van der Waals surface area contributed by atoms with Crippen molar-refractivity contribution in [2.45, 2.75) is 51.2 Å². The van der Waals surface area contributed by atoms with Crippen molar-refractivity contribution in [2.24, 2.45) is 11.7 Å². The second-order valence-electron chi connectivity index (χ2n) is 6.64. The van der Waals surface area contributed by atoms with Gasteiger partial charge in [-0.2, -0.15) is 0 Å². The second kappa shape index (κ2) is 8.99. The molecule has 136 valence electrons. The molecule has 0 saturated heterocycles. The molecule has 2 aromatic rings. The summed E-state index contributed by atoms with van der Waals surface area (Å²) in [6, 6.07) is 6.69. The molecule has 0 fully saturated rings. The first-order chi connectivity index (χ1) is 11.9. The van der Waals surface area contributed by atoms with Gasteiger partial charge in [0.05, 0.1) is 0 Å². The molecule has 0 spiro atoms. The van der Waals surface area contributed by atoms with Gasteiger partial charge >= 0.3 is 0 Å². The third-order valence-corrected chi connectivity index (χ3v) is 5.04. The maximum absolute atomic E-state index is 13.4. The molecule has 1 aromatic carbocycles. The number of benzene rings is 1. The van der Waals surface area contributed by atoms with Crippen molar-refractivity contribution < 1.29 is 9.18 Å². The molecule has 0 aliphatic heterocycles. The topological polar surface area (TPSA) is 73.8 Å². The highest BCUT2D eigenvalue weighted by Gasteiger charge is 2.16. The molecule has 0 saturated carbocycles. The average Bonchev–Trinajstić information content (AvgIpc) is 2.92.